The number of carbonyl (C=O) groups excluding carboxylic acids is 1. The average molecular weight is 207 g/mol. The first-order valence-electron chi connectivity index (χ1n) is 4.82. The molecule has 1 aromatic heterocycles. The summed E-state index contributed by atoms with van der Waals surface area (Å²) >= 11 is 0. The Morgan fingerprint density at radius 2 is 2.47 bits per heavy atom. The Balaban J connectivity index is 2.13. The number of aromatic amines is 1. The van der Waals surface area contributed by atoms with E-state index >= 15 is 0 Å². The summed E-state index contributed by atoms with van der Waals surface area (Å²) < 4.78 is 0. The van der Waals surface area contributed by atoms with Gasteiger partial charge in [0.1, 0.15) is 0 Å². The van der Waals surface area contributed by atoms with Crippen LogP contribution in [0.25, 0.3) is 0 Å². The van der Waals surface area contributed by atoms with Crippen molar-refractivity contribution in [2.75, 3.05) is 12.3 Å². The van der Waals surface area contributed by atoms with E-state index < -0.39 is 0 Å². The molecule has 0 radical (unpaired) electrons. The second kappa shape index (κ2) is 3.72. The van der Waals surface area contributed by atoms with Crippen molar-refractivity contribution in [1.29, 1.82) is 0 Å². The van der Waals surface area contributed by atoms with Crippen molar-refractivity contribution >= 4 is 11.9 Å². The summed E-state index contributed by atoms with van der Waals surface area (Å²) in [6.07, 6.45) is 3.79. The number of anilines is 1. The average Bonchev–Trinajstić information content (AvgIpc) is 2.96. The molecule has 0 saturated heterocycles. The Kier molecular flexibility index (Phi) is 2.40. The van der Waals surface area contributed by atoms with E-state index in [-0.39, 0.29) is 17.7 Å². The lowest BCUT2D eigenvalue weighted by atomic mass is 10.4. The van der Waals surface area contributed by atoms with Crippen molar-refractivity contribution in [3.8, 4) is 0 Å². The third-order valence-corrected chi connectivity index (χ3v) is 2.28. The highest BCUT2D eigenvalue weighted by Crippen LogP contribution is 2.27. The molecule has 2 rings (SSSR count). The van der Waals surface area contributed by atoms with Crippen molar-refractivity contribution in [2.24, 2.45) is 0 Å². The van der Waals surface area contributed by atoms with Gasteiger partial charge in [0.25, 0.3) is 5.91 Å². The number of nitrogens with one attached hydrogen (secondary N) is 1. The number of rotatable bonds is 4. The third-order valence-electron chi connectivity index (χ3n) is 2.28. The van der Waals surface area contributed by atoms with Crippen molar-refractivity contribution in [1.82, 2.24) is 20.1 Å². The maximum Gasteiger partial charge on any atom is 0.291 e. The molecule has 0 aliphatic heterocycles. The molecule has 0 unspecified atom stereocenters. The zero-order valence-corrected chi connectivity index (χ0v) is 8.31. The summed E-state index contributed by atoms with van der Waals surface area (Å²) in [6, 6.07) is 0.321. The number of nitrogens with zero attached hydrogens (tertiary/aromatic N) is 3. The maximum atomic E-state index is 11.9. The predicted octanol–water partition coefficient (Wildman–Crippen LogP) is 0.177. The molecule has 0 aromatic carbocycles. The molecular weight excluding hydrogens is 194 g/mol. The minimum atomic E-state index is -0.165. The van der Waals surface area contributed by atoms with Gasteiger partial charge in [-0.15, -0.1) is 11.7 Å². The summed E-state index contributed by atoms with van der Waals surface area (Å²) in [5.41, 5.74) is 5.34. The second-order valence-electron chi connectivity index (χ2n) is 3.52. The minimum absolute atomic E-state index is 0.0905. The summed E-state index contributed by atoms with van der Waals surface area (Å²) in [6.45, 7) is 4.16. The van der Waals surface area contributed by atoms with Gasteiger partial charge in [0.05, 0.1) is 0 Å². The molecule has 1 heterocycles. The number of hydrogen-bond donors (Lipinski definition) is 2. The normalized spacial score (nSPS) is 14.9. The molecule has 1 fully saturated rings. The fraction of sp³-hybridized carbons (Fsp3) is 0.444. The van der Waals surface area contributed by atoms with Crippen LogP contribution in [-0.4, -0.2) is 38.6 Å². The fourth-order valence-electron chi connectivity index (χ4n) is 1.43. The van der Waals surface area contributed by atoms with Gasteiger partial charge in [-0.1, -0.05) is 6.08 Å². The first kappa shape index (κ1) is 9.70. The molecule has 1 aliphatic carbocycles. The van der Waals surface area contributed by atoms with E-state index in [0.29, 0.717) is 12.6 Å². The summed E-state index contributed by atoms with van der Waals surface area (Å²) in [5.74, 6) is 0.121. The quantitative estimate of drug-likeness (QED) is 0.689. The Morgan fingerprint density at radius 1 is 1.73 bits per heavy atom. The van der Waals surface area contributed by atoms with E-state index in [9.17, 15) is 4.79 Å². The maximum absolute atomic E-state index is 11.9. The van der Waals surface area contributed by atoms with Crippen LogP contribution in [0.5, 0.6) is 0 Å². The van der Waals surface area contributed by atoms with Gasteiger partial charge in [0, 0.05) is 12.6 Å². The van der Waals surface area contributed by atoms with Crippen molar-refractivity contribution in [2.45, 2.75) is 18.9 Å². The van der Waals surface area contributed by atoms with Crippen LogP contribution in [0.3, 0.4) is 0 Å². The minimum Gasteiger partial charge on any atom is -0.366 e. The Hall–Kier alpha value is -1.85. The first-order valence-corrected chi connectivity index (χ1v) is 4.82. The fourth-order valence-corrected chi connectivity index (χ4v) is 1.43. The molecule has 15 heavy (non-hydrogen) atoms. The van der Waals surface area contributed by atoms with Crippen LogP contribution in [-0.2, 0) is 0 Å². The van der Waals surface area contributed by atoms with E-state index in [1.165, 1.54) is 0 Å². The van der Waals surface area contributed by atoms with Gasteiger partial charge in [0.2, 0.25) is 11.8 Å². The molecule has 1 saturated carbocycles. The number of nitrogens with two attached hydrogens (primary N) is 1. The van der Waals surface area contributed by atoms with Crippen LogP contribution in [0.1, 0.15) is 23.5 Å². The molecule has 3 N–H and O–H groups in total. The number of nitrogen functional groups attached to an aromatic ring is 1. The lowest BCUT2D eigenvalue weighted by Crippen LogP contribution is -2.34. The summed E-state index contributed by atoms with van der Waals surface area (Å²) in [4.78, 5) is 17.5. The molecule has 80 valence electrons. The zero-order chi connectivity index (χ0) is 10.8. The number of aromatic nitrogens is 3. The van der Waals surface area contributed by atoms with Gasteiger partial charge < -0.3 is 10.6 Å². The highest BCUT2D eigenvalue weighted by molar-refractivity contribution is 5.91. The molecule has 1 amide bonds. The van der Waals surface area contributed by atoms with Crippen LogP contribution in [0.4, 0.5) is 5.95 Å². The van der Waals surface area contributed by atoms with Crippen LogP contribution < -0.4 is 5.73 Å². The molecule has 0 atom stereocenters. The summed E-state index contributed by atoms with van der Waals surface area (Å²) in [7, 11) is 0. The van der Waals surface area contributed by atoms with Crippen LogP contribution in [0.15, 0.2) is 12.7 Å². The van der Waals surface area contributed by atoms with E-state index in [0.717, 1.165) is 12.8 Å². The lowest BCUT2D eigenvalue weighted by molar-refractivity contribution is 0.0751. The second-order valence-corrected chi connectivity index (χ2v) is 3.52. The monoisotopic (exact) mass is 207 g/mol. The Labute approximate surface area is 87.2 Å². The van der Waals surface area contributed by atoms with Crippen molar-refractivity contribution in [3.05, 3.63) is 18.5 Å². The van der Waals surface area contributed by atoms with Gasteiger partial charge in [-0.2, -0.15) is 4.98 Å². The molecular formula is C9H13N5O. The van der Waals surface area contributed by atoms with Crippen molar-refractivity contribution in [3.63, 3.8) is 0 Å². The number of carbonyl (C=O) groups is 1. The van der Waals surface area contributed by atoms with Gasteiger partial charge in [-0.25, -0.2) is 0 Å². The molecule has 1 aromatic rings. The van der Waals surface area contributed by atoms with Crippen LogP contribution in [0, 0.1) is 0 Å². The SMILES string of the molecule is C=CCN(C(=O)c1nc(N)n[nH]1)C1CC1. The van der Waals surface area contributed by atoms with E-state index in [1.807, 2.05) is 0 Å². The van der Waals surface area contributed by atoms with E-state index in [2.05, 4.69) is 21.8 Å². The number of H-pyrrole nitrogens is 1. The smallest absolute Gasteiger partial charge is 0.291 e. The number of amides is 1. The molecule has 0 spiro atoms. The molecule has 0 bridgehead atoms. The molecule has 1 aliphatic rings. The molecule has 6 heteroatoms. The van der Waals surface area contributed by atoms with Crippen molar-refractivity contribution < 1.29 is 4.79 Å². The lowest BCUT2D eigenvalue weighted by Gasteiger charge is -2.18. The summed E-state index contributed by atoms with van der Waals surface area (Å²) in [5, 5.41) is 6.14. The van der Waals surface area contributed by atoms with Gasteiger partial charge in [-0.3, -0.25) is 9.89 Å². The standard InChI is InChI=1S/C9H13N5O/c1-2-5-14(6-3-4-6)8(15)7-11-9(10)13-12-7/h2,6H,1,3-5H2,(H3,10,11,12,13). The highest BCUT2D eigenvalue weighted by atomic mass is 16.2. The molecule has 6 nitrogen and oxygen atoms in total. The largest absolute Gasteiger partial charge is 0.366 e. The van der Waals surface area contributed by atoms with Gasteiger partial charge >= 0.3 is 0 Å². The van der Waals surface area contributed by atoms with Gasteiger partial charge in [0.15, 0.2) is 0 Å². The van der Waals surface area contributed by atoms with E-state index in [4.69, 9.17) is 5.73 Å². The topological polar surface area (TPSA) is 87.9 Å². The first-order chi connectivity index (χ1) is 7.22. The third kappa shape index (κ3) is 1.98. The predicted molar refractivity (Wildman–Crippen MR) is 55.1 cm³/mol. The highest BCUT2D eigenvalue weighted by Gasteiger charge is 2.33. The Bertz CT molecular complexity index is 382. The van der Waals surface area contributed by atoms with Crippen LogP contribution in [0.2, 0.25) is 0 Å². The van der Waals surface area contributed by atoms with Crippen LogP contribution >= 0.6 is 0 Å². The van der Waals surface area contributed by atoms with Gasteiger partial charge in [-0.05, 0) is 12.8 Å². The zero-order valence-electron chi connectivity index (χ0n) is 8.31. The van der Waals surface area contributed by atoms with E-state index in [1.54, 1.807) is 11.0 Å². The Morgan fingerprint density at radius 3 is 2.93 bits per heavy atom. The number of hydrogen-bond acceptors (Lipinski definition) is 4.